The Bertz CT molecular complexity index is 1040. The van der Waals surface area contributed by atoms with Crippen molar-refractivity contribution in [2.75, 3.05) is 6.61 Å². The van der Waals surface area contributed by atoms with Gasteiger partial charge < -0.3 is 13.6 Å². The highest BCUT2D eigenvalue weighted by Crippen LogP contribution is 2.27. The number of rotatable bonds is 6. The molecule has 0 spiro atoms. The second-order valence-corrected chi connectivity index (χ2v) is 5.74. The minimum atomic E-state index is -0.213. The number of benzene rings is 2. The van der Waals surface area contributed by atoms with Gasteiger partial charge in [-0.3, -0.25) is 4.79 Å². The molecule has 0 atom stereocenters. The van der Waals surface area contributed by atoms with E-state index in [1.165, 1.54) is 12.5 Å². The summed E-state index contributed by atoms with van der Waals surface area (Å²) < 4.78 is 16.4. The molecule has 0 N–H and O–H groups in total. The van der Waals surface area contributed by atoms with Crippen LogP contribution in [0.5, 0.6) is 5.75 Å². The number of ketones is 1. The summed E-state index contributed by atoms with van der Waals surface area (Å²) in [5.74, 6) is 0.741. The minimum absolute atomic E-state index is 0.213. The zero-order chi connectivity index (χ0) is 17.8. The highest BCUT2D eigenvalue weighted by atomic mass is 16.5. The van der Waals surface area contributed by atoms with E-state index in [4.69, 9.17) is 13.6 Å². The molecule has 4 rings (SSSR count). The molecule has 26 heavy (non-hydrogen) atoms. The fraction of sp³-hybridized carbons (Fsp3) is 0.0455. The van der Waals surface area contributed by atoms with Gasteiger partial charge in [-0.05, 0) is 42.0 Å². The molecule has 0 saturated heterocycles. The first-order valence-corrected chi connectivity index (χ1v) is 8.25. The van der Waals surface area contributed by atoms with Crippen LogP contribution in [0.25, 0.3) is 17.0 Å². The van der Waals surface area contributed by atoms with Crippen molar-refractivity contribution in [1.82, 2.24) is 0 Å². The zero-order valence-electron chi connectivity index (χ0n) is 13.9. The van der Waals surface area contributed by atoms with E-state index in [1.807, 2.05) is 54.6 Å². The van der Waals surface area contributed by atoms with Crippen LogP contribution in [-0.2, 0) is 0 Å². The molecule has 0 fully saturated rings. The number of furan rings is 2. The van der Waals surface area contributed by atoms with Crippen molar-refractivity contribution in [3.63, 3.8) is 0 Å². The van der Waals surface area contributed by atoms with Crippen LogP contribution in [0.1, 0.15) is 21.7 Å². The van der Waals surface area contributed by atoms with Crippen molar-refractivity contribution in [3.05, 3.63) is 96.2 Å². The molecular formula is C22H16O4. The van der Waals surface area contributed by atoms with Crippen LogP contribution >= 0.6 is 0 Å². The van der Waals surface area contributed by atoms with Gasteiger partial charge in [0.2, 0.25) is 5.78 Å². The van der Waals surface area contributed by atoms with Gasteiger partial charge in [0.1, 0.15) is 24.2 Å². The van der Waals surface area contributed by atoms with Crippen LogP contribution in [0, 0.1) is 0 Å². The van der Waals surface area contributed by atoms with Crippen LogP contribution in [0.2, 0.25) is 0 Å². The maximum atomic E-state index is 12.5. The highest BCUT2D eigenvalue weighted by Gasteiger charge is 2.18. The number of hydrogen-bond acceptors (Lipinski definition) is 4. The van der Waals surface area contributed by atoms with Crippen LogP contribution in [0.4, 0.5) is 0 Å². The SMILES string of the molecule is O=C(c1ccco1)c1coc2ccc(OC/C=C/c3ccccc3)cc12. The zero-order valence-corrected chi connectivity index (χ0v) is 13.9. The maximum Gasteiger partial charge on any atom is 0.232 e. The Labute approximate surface area is 150 Å². The third-order valence-corrected chi connectivity index (χ3v) is 3.99. The van der Waals surface area contributed by atoms with Crippen LogP contribution < -0.4 is 4.74 Å². The van der Waals surface area contributed by atoms with Crippen molar-refractivity contribution in [1.29, 1.82) is 0 Å². The summed E-state index contributed by atoms with van der Waals surface area (Å²) in [6.07, 6.45) is 6.88. The van der Waals surface area contributed by atoms with E-state index in [2.05, 4.69) is 0 Å². The normalized spacial score (nSPS) is 11.2. The molecule has 0 aliphatic heterocycles. The largest absolute Gasteiger partial charge is 0.490 e. The van der Waals surface area contributed by atoms with Crippen LogP contribution in [0.3, 0.4) is 0 Å². The first-order valence-electron chi connectivity index (χ1n) is 8.25. The van der Waals surface area contributed by atoms with E-state index in [0.717, 1.165) is 5.56 Å². The molecule has 0 bridgehead atoms. The molecule has 4 aromatic rings. The summed E-state index contributed by atoms with van der Waals surface area (Å²) in [5, 5.41) is 0.705. The molecule has 0 radical (unpaired) electrons. The summed E-state index contributed by atoms with van der Waals surface area (Å²) >= 11 is 0. The lowest BCUT2D eigenvalue weighted by Gasteiger charge is -2.03. The Morgan fingerprint density at radius 2 is 1.88 bits per heavy atom. The second kappa shape index (κ2) is 7.15. The lowest BCUT2D eigenvalue weighted by atomic mass is 10.1. The molecule has 2 heterocycles. The Kier molecular flexibility index (Phi) is 4.39. The van der Waals surface area contributed by atoms with Crippen molar-refractivity contribution < 1.29 is 18.4 Å². The molecular weight excluding hydrogens is 328 g/mol. The summed E-state index contributed by atoms with van der Waals surface area (Å²) in [5.41, 5.74) is 2.21. The lowest BCUT2D eigenvalue weighted by molar-refractivity contribution is 0.101. The first-order chi connectivity index (χ1) is 12.8. The highest BCUT2D eigenvalue weighted by molar-refractivity contribution is 6.14. The van der Waals surface area contributed by atoms with E-state index < -0.39 is 0 Å². The van der Waals surface area contributed by atoms with Crippen LogP contribution in [0.15, 0.2) is 88.1 Å². The molecule has 0 aliphatic carbocycles. The van der Waals surface area contributed by atoms with E-state index in [1.54, 1.807) is 18.2 Å². The number of fused-ring (bicyclic) bond motifs is 1. The maximum absolute atomic E-state index is 12.5. The van der Waals surface area contributed by atoms with Crippen molar-refractivity contribution in [2.45, 2.75) is 0 Å². The van der Waals surface area contributed by atoms with E-state index in [9.17, 15) is 4.79 Å². The van der Waals surface area contributed by atoms with E-state index in [0.29, 0.717) is 28.9 Å². The summed E-state index contributed by atoms with van der Waals surface area (Å²) in [7, 11) is 0. The smallest absolute Gasteiger partial charge is 0.232 e. The number of ether oxygens (including phenoxy) is 1. The van der Waals surface area contributed by atoms with Gasteiger partial charge >= 0.3 is 0 Å². The molecule has 2 aromatic heterocycles. The molecule has 4 nitrogen and oxygen atoms in total. The third-order valence-electron chi connectivity index (χ3n) is 3.99. The third kappa shape index (κ3) is 3.30. The monoisotopic (exact) mass is 344 g/mol. The van der Waals surface area contributed by atoms with Gasteiger partial charge in [0.25, 0.3) is 0 Å². The molecule has 0 unspecified atom stereocenters. The molecule has 4 heteroatoms. The van der Waals surface area contributed by atoms with Crippen molar-refractivity contribution in [2.24, 2.45) is 0 Å². The molecule has 0 aliphatic rings. The Morgan fingerprint density at radius 3 is 2.69 bits per heavy atom. The fourth-order valence-electron chi connectivity index (χ4n) is 2.71. The molecule has 2 aromatic carbocycles. The Hall–Kier alpha value is -3.53. The van der Waals surface area contributed by atoms with Gasteiger partial charge in [-0.1, -0.05) is 36.4 Å². The van der Waals surface area contributed by atoms with Gasteiger partial charge in [-0.2, -0.15) is 0 Å². The van der Waals surface area contributed by atoms with Gasteiger partial charge in [0.05, 0.1) is 11.8 Å². The fourth-order valence-corrected chi connectivity index (χ4v) is 2.71. The van der Waals surface area contributed by atoms with Gasteiger partial charge in [0.15, 0.2) is 5.76 Å². The van der Waals surface area contributed by atoms with Crippen molar-refractivity contribution in [3.8, 4) is 5.75 Å². The molecule has 0 amide bonds. The summed E-state index contributed by atoms with van der Waals surface area (Å²) in [6, 6.07) is 18.8. The van der Waals surface area contributed by atoms with Crippen molar-refractivity contribution >= 4 is 22.8 Å². The van der Waals surface area contributed by atoms with Crippen LogP contribution in [-0.4, -0.2) is 12.4 Å². The standard InChI is InChI=1S/C22H16O4/c23-22(21-9-5-13-25-21)19-15-26-20-11-10-17(14-18(19)20)24-12-4-8-16-6-2-1-3-7-16/h1-11,13-15H,12H2/b8-4+. The first kappa shape index (κ1) is 16.0. The molecule has 128 valence electrons. The predicted molar refractivity (Wildman–Crippen MR) is 99.3 cm³/mol. The number of carbonyl (C=O) groups is 1. The quantitative estimate of drug-likeness (QED) is 0.443. The van der Waals surface area contributed by atoms with E-state index in [-0.39, 0.29) is 11.5 Å². The summed E-state index contributed by atoms with van der Waals surface area (Å²) in [6.45, 7) is 0.430. The minimum Gasteiger partial charge on any atom is -0.490 e. The predicted octanol–water partition coefficient (Wildman–Crippen LogP) is 5.35. The molecule has 0 saturated carbocycles. The average molecular weight is 344 g/mol. The number of hydrogen-bond donors (Lipinski definition) is 0. The second-order valence-electron chi connectivity index (χ2n) is 5.74. The van der Waals surface area contributed by atoms with Gasteiger partial charge in [0, 0.05) is 5.39 Å². The van der Waals surface area contributed by atoms with Gasteiger partial charge in [-0.15, -0.1) is 0 Å². The Balaban J connectivity index is 1.51. The number of carbonyl (C=O) groups excluding carboxylic acids is 1. The average Bonchev–Trinajstić information content (AvgIpc) is 3.35. The summed E-state index contributed by atoms with van der Waals surface area (Å²) in [4.78, 5) is 12.5. The van der Waals surface area contributed by atoms with E-state index >= 15 is 0 Å². The topological polar surface area (TPSA) is 52.6 Å². The Morgan fingerprint density at radius 1 is 1.00 bits per heavy atom. The lowest BCUT2D eigenvalue weighted by Crippen LogP contribution is -1.98. The van der Waals surface area contributed by atoms with Gasteiger partial charge in [-0.25, -0.2) is 0 Å².